The Morgan fingerprint density at radius 2 is 1.91 bits per heavy atom. The minimum Gasteiger partial charge on any atom is -0.292 e. The predicted octanol–water partition coefficient (Wildman–Crippen LogP) is 0.987. The first-order valence-electron chi connectivity index (χ1n) is 6.87. The number of aromatic nitrogens is 2. The molecule has 7 nitrogen and oxygen atoms in total. The van der Waals surface area contributed by atoms with E-state index in [0.29, 0.717) is 17.6 Å². The van der Waals surface area contributed by atoms with Gasteiger partial charge in [0.05, 0.1) is 28.4 Å². The van der Waals surface area contributed by atoms with Crippen LogP contribution in [-0.2, 0) is 23.1 Å². The fraction of sp³-hybridized carbons (Fsp3) is 0.429. The molecule has 22 heavy (non-hydrogen) atoms. The first-order valence-corrected chi connectivity index (χ1v) is 8.31. The lowest BCUT2D eigenvalue weighted by atomic mass is 10.3. The van der Waals surface area contributed by atoms with Gasteiger partial charge >= 0.3 is 5.69 Å². The summed E-state index contributed by atoms with van der Waals surface area (Å²) in [5, 5.41) is 8.74. The highest BCUT2D eigenvalue weighted by Gasteiger charge is 2.20. The molecule has 0 bridgehead atoms. The molecule has 0 saturated heterocycles. The van der Waals surface area contributed by atoms with Crippen LogP contribution in [0.2, 0.25) is 0 Å². The Labute approximate surface area is 129 Å². The van der Waals surface area contributed by atoms with Gasteiger partial charge < -0.3 is 0 Å². The topological polar surface area (TPSA) is 88.1 Å². The zero-order valence-corrected chi connectivity index (χ0v) is 13.6. The van der Waals surface area contributed by atoms with Gasteiger partial charge in [-0.2, -0.15) is 5.26 Å². The van der Waals surface area contributed by atoms with Gasteiger partial charge in [0.1, 0.15) is 0 Å². The summed E-state index contributed by atoms with van der Waals surface area (Å²) in [7, 11) is -0.657. The van der Waals surface area contributed by atoms with Crippen molar-refractivity contribution in [3.05, 3.63) is 28.7 Å². The summed E-state index contributed by atoms with van der Waals surface area (Å²) in [5.74, 6) is 0. The summed E-state index contributed by atoms with van der Waals surface area (Å²) in [6, 6.07) is 6.63. The average Bonchev–Trinajstić information content (AvgIpc) is 2.75. The van der Waals surface area contributed by atoms with Crippen molar-refractivity contribution in [2.24, 2.45) is 0 Å². The molecule has 2 aromatic rings. The molecule has 0 N–H and O–H groups in total. The Hall–Kier alpha value is -2.11. The number of fused-ring (bicyclic) bond motifs is 1. The van der Waals surface area contributed by atoms with Gasteiger partial charge in [-0.15, -0.1) is 0 Å². The molecule has 0 saturated carbocycles. The van der Waals surface area contributed by atoms with Crippen LogP contribution in [0, 0.1) is 11.3 Å². The van der Waals surface area contributed by atoms with E-state index in [0.717, 1.165) is 4.31 Å². The molecule has 0 aliphatic carbocycles. The van der Waals surface area contributed by atoms with Gasteiger partial charge in [0.25, 0.3) is 0 Å². The number of sulfonamides is 1. The second-order valence-corrected chi connectivity index (χ2v) is 7.18. The molecule has 0 unspecified atom stereocenters. The molecule has 0 spiro atoms. The van der Waals surface area contributed by atoms with Crippen LogP contribution in [-0.4, -0.2) is 36.0 Å². The van der Waals surface area contributed by atoms with E-state index in [1.807, 2.05) is 13.0 Å². The van der Waals surface area contributed by atoms with Crippen molar-refractivity contribution >= 4 is 21.1 Å². The van der Waals surface area contributed by atoms with E-state index in [4.69, 9.17) is 5.26 Å². The van der Waals surface area contributed by atoms with Crippen molar-refractivity contribution in [1.29, 1.82) is 5.26 Å². The fourth-order valence-corrected chi connectivity index (χ4v) is 3.28. The van der Waals surface area contributed by atoms with E-state index in [1.54, 1.807) is 10.6 Å². The Balaban J connectivity index is 2.76. The molecule has 2 rings (SSSR count). The standard InChI is InChI=1S/C14H18N4O3S/c1-4-17-12-7-6-11(22(20,21)16(2)3)10-13(12)18(14(17)19)9-5-8-15/h6-7,10H,4-5,9H2,1-3H3. The molecular formula is C14H18N4O3S. The average molecular weight is 322 g/mol. The van der Waals surface area contributed by atoms with Gasteiger partial charge in [0.2, 0.25) is 10.0 Å². The van der Waals surface area contributed by atoms with Crippen LogP contribution in [0.1, 0.15) is 13.3 Å². The summed E-state index contributed by atoms with van der Waals surface area (Å²) in [4.78, 5) is 12.5. The number of aryl methyl sites for hydroxylation is 2. The van der Waals surface area contributed by atoms with Crippen molar-refractivity contribution in [2.75, 3.05) is 14.1 Å². The number of nitriles is 1. The summed E-state index contributed by atoms with van der Waals surface area (Å²) >= 11 is 0. The minimum atomic E-state index is -3.57. The van der Waals surface area contributed by atoms with Gasteiger partial charge in [-0.25, -0.2) is 17.5 Å². The largest absolute Gasteiger partial charge is 0.329 e. The monoisotopic (exact) mass is 322 g/mol. The van der Waals surface area contributed by atoms with Crippen molar-refractivity contribution < 1.29 is 8.42 Å². The number of nitrogens with zero attached hydrogens (tertiary/aromatic N) is 4. The summed E-state index contributed by atoms with van der Waals surface area (Å²) < 4.78 is 28.6. The van der Waals surface area contributed by atoms with Crippen LogP contribution >= 0.6 is 0 Å². The van der Waals surface area contributed by atoms with E-state index >= 15 is 0 Å². The highest BCUT2D eigenvalue weighted by molar-refractivity contribution is 7.89. The molecule has 8 heteroatoms. The third kappa shape index (κ3) is 2.53. The van der Waals surface area contributed by atoms with Crippen LogP contribution in [0.25, 0.3) is 11.0 Å². The number of hydrogen-bond donors (Lipinski definition) is 0. The maximum absolute atomic E-state index is 12.4. The highest BCUT2D eigenvalue weighted by Crippen LogP contribution is 2.21. The fourth-order valence-electron chi connectivity index (χ4n) is 2.35. The lowest BCUT2D eigenvalue weighted by Crippen LogP contribution is -2.23. The first-order chi connectivity index (χ1) is 10.3. The Bertz CT molecular complexity index is 901. The van der Waals surface area contributed by atoms with Gasteiger partial charge in [-0.3, -0.25) is 9.13 Å². The molecule has 1 heterocycles. The smallest absolute Gasteiger partial charge is 0.292 e. The first kappa shape index (κ1) is 16.3. The van der Waals surface area contributed by atoms with E-state index in [1.165, 1.54) is 30.8 Å². The molecule has 0 atom stereocenters. The molecule has 0 fully saturated rings. The summed E-state index contributed by atoms with van der Waals surface area (Å²) in [6.07, 6.45) is 0.188. The predicted molar refractivity (Wildman–Crippen MR) is 83.0 cm³/mol. The molecular weight excluding hydrogens is 304 g/mol. The normalized spacial score (nSPS) is 12.0. The van der Waals surface area contributed by atoms with Crippen LogP contribution < -0.4 is 5.69 Å². The summed E-state index contributed by atoms with van der Waals surface area (Å²) in [6.45, 7) is 2.57. The quantitative estimate of drug-likeness (QED) is 0.821. The number of hydrogen-bond acceptors (Lipinski definition) is 4. The van der Waals surface area contributed by atoms with Gasteiger partial charge in [0, 0.05) is 27.2 Å². The molecule has 1 aromatic carbocycles. The second-order valence-electron chi connectivity index (χ2n) is 5.02. The number of imidazole rings is 1. The molecule has 0 aliphatic heterocycles. The van der Waals surface area contributed by atoms with Crippen LogP contribution in [0.3, 0.4) is 0 Å². The maximum atomic E-state index is 12.4. The van der Waals surface area contributed by atoms with Crippen LogP contribution in [0.15, 0.2) is 27.9 Å². The third-order valence-electron chi connectivity index (χ3n) is 3.53. The second kappa shape index (κ2) is 5.94. The lowest BCUT2D eigenvalue weighted by Gasteiger charge is -2.11. The van der Waals surface area contributed by atoms with Crippen LogP contribution in [0.4, 0.5) is 0 Å². The van der Waals surface area contributed by atoms with Crippen molar-refractivity contribution in [1.82, 2.24) is 13.4 Å². The van der Waals surface area contributed by atoms with Gasteiger partial charge in [-0.1, -0.05) is 0 Å². The van der Waals surface area contributed by atoms with E-state index in [-0.39, 0.29) is 23.6 Å². The minimum absolute atomic E-state index is 0.129. The summed E-state index contributed by atoms with van der Waals surface area (Å²) in [5.41, 5.74) is 0.973. The van der Waals surface area contributed by atoms with E-state index in [9.17, 15) is 13.2 Å². The van der Waals surface area contributed by atoms with Crippen LogP contribution in [0.5, 0.6) is 0 Å². The van der Waals surface area contributed by atoms with Gasteiger partial charge in [0.15, 0.2) is 0 Å². The maximum Gasteiger partial charge on any atom is 0.329 e. The van der Waals surface area contributed by atoms with E-state index in [2.05, 4.69) is 0 Å². The molecule has 118 valence electrons. The van der Waals surface area contributed by atoms with Crippen molar-refractivity contribution in [3.63, 3.8) is 0 Å². The zero-order valence-electron chi connectivity index (χ0n) is 12.8. The van der Waals surface area contributed by atoms with Gasteiger partial charge in [-0.05, 0) is 25.1 Å². The molecule has 0 aliphatic rings. The molecule has 0 radical (unpaired) electrons. The lowest BCUT2D eigenvalue weighted by molar-refractivity contribution is 0.521. The number of rotatable bonds is 5. The number of benzene rings is 1. The molecule has 0 amide bonds. The van der Waals surface area contributed by atoms with E-state index < -0.39 is 10.0 Å². The molecule has 1 aromatic heterocycles. The Morgan fingerprint density at radius 1 is 1.23 bits per heavy atom. The zero-order chi connectivity index (χ0) is 16.5. The van der Waals surface area contributed by atoms with Crippen molar-refractivity contribution in [3.8, 4) is 6.07 Å². The SMILES string of the molecule is CCn1c(=O)n(CCC#N)c2cc(S(=O)(=O)N(C)C)ccc21. The van der Waals surface area contributed by atoms with Crippen molar-refractivity contribution in [2.45, 2.75) is 31.3 Å². The Morgan fingerprint density at radius 3 is 2.45 bits per heavy atom. The highest BCUT2D eigenvalue weighted by atomic mass is 32.2. The Kier molecular flexibility index (Phi) is 4.39. The third-order valence-corrected chi connectivity index (χ3v) is 5.34.